The summed E-state index contributed by atoms with van der Waals surface area (Å²) in [4.78, 5) is 4.87. The number of aromatic nitrogens is 2. The van der Waals surface area contributed by atoms with E-state index in [0.29, 0.717) is 6.54 Å². The van der Waals surface area contributed by atoms with E-state index in [0.717, 1.165) is 16.9 Å². The zero-order valence-corrected chi connectivity index (χ0v) is 25.8. The summed E-state index contributed by atoms with van der Waals surface area (Å²) < 4.78 is 4.78. The zero-order valence-electron chi connectivity index (χ0n) is 25.8. The van der Waals surface area contributed by atoms with Crippen LogP contribution in [-0.2, 0) is 6.54 Å². The molecule has 2 heterocycles. The molecule has 3 heteroatoms. The monoisotopic (exact) mass is 601 g/mol. The second-order valence-corrected chi connectivity index (χ2v) is 12.0. The van der Waals surface area contributed by atoms with E-state index in [9.17, 15) is 0 Å². The van der Waals surface area contributed by atoms with Crippen LogP contribution in [0, 0.1) is 0 Å². The summed E-state index contributed by atoms with van der Waals surface area (Å²) in [6, 6.07) is 60.8. The van der Waals surface area contributed by atoms with Gasteiger partial charge in [-0.25, -0.2) is 0 Å². The SMILES string of the molecule is C(=NCc1ccccc1)c1cccc2c3ccccc3n(-c3cccc(-c4ccc5c6ccccc6n(-c6ccccc6)c5c4)c3)c12. The molecule has 0 bridgehead atoms. The minimum atomic E-state index is 0.648. The lowest BCUT2D eigenvalue weighted by molar-refractivity contribution is 1.08. The van der Waals surface area contributed by atoms with E-state index < -0.39 is 0 Å². The molecule has 222 valence electrons. The van der Waals surface area contributed by atoms with Crippen molar-refractivity contribution in [3.8, 4) is 22.5 Å². The smallest absolute Gasteiger partial charge is 0.0639 e. The first-order valence-electron chi connectivity index (χ1n) is 16.1. The normalized spacial score (nSPS) is 11.8. The lowest BCUT2D eigenvalue weighted by Gasteiger charge is -2.12. The number of aliphatic imine (C=N–C) groups is 1. The van der Waals surface area contributed by atoms with Crippen LogP contribution >= 0.6 is 0 Å². The van der Waals surface area contributed by atoms with E-state index >= 15 is 0 Å². The number of benzene rings is 7. The summed E-state index contributed by atoms with van der Waals surface area (Å²) in [5, 5.41) is 4.98. The van der Waals surface area contributed by atoms with Gasteiger partial charge in [-0.1, -0.05) is 127 Å². The van der Waals surface area contributed by atoms with Crippen molar-refractivity contribution >= 4 is 49.8 Å². The Balaban J connectivity index is 1.21. The number of rotatable bonds is 6. The van der Waals surface area contributed by atoms with Gasteiger partial charge in [0.1, 0.15) is 0 Å². The third kappa shape index (κ3) is 4.63. The van der Waals surface area contributed by atoms with Gasteiger partial charge in [-0.3, -0.25) is 4.99 Å². The van der Waals surface area contributed by atoms with Crippen LogP contribution in [0.25, 0.3) is 66.1 Å². The molecule has 0 aliphatic rings. The van der Waals surface area contributed by atoms with Gasteiger partial charge in [0.25, 0.3) is 0 Å². The fraction of sp³-hybridized carbons (Fsp3) is 0.0227. The molecule has 0 saturated heterocycles. The molecule has 7 aromatic carbocycles. The maximum absolute atomic E-state index is 4.87. The second-order valence-electron chi connectivity index (χ2n) is 12.0. The topological polar surface area (TPSA) is 22.2 Å². The van der Waals surface area contributed by atoms with Crippen LogP contribution in [0.1, 0.15) is 11.1 Å². The lowest BCUT2D eigenvalue weighted by atomic mass is 10.0. The van der Waals surface area contributed by atoms with Gasteiger partial charge in [-0.2, -0.15) is 0 Å². The average Bonchev–Trinajstić information content (AvgIpc) is 3.66. The van der Waals surface area contributed by atoms with E-state index in [4.69, 9.17) is 4.99 Å². The fourth-order valence-corrected chi connectivity index (χ4v) is 7.08. The zero-order chi connectivity index (χ0) is 31.2. The molecule has 9 rings (SSSR count). The van der Waals surface area contributed by atoms with E-state index in [1.54, 1.807) is 0 Å². The van der Waals surface area contributed by atoms with Gasteiger partial charge in [0.2, 0.25) is 0 Å². The van der Waals surface area contributed by atoms with E-state index in [1.807, 2.05) is 12.3 Å². The number of nitrogens with zero attached hydrogens (tertiary/aromatic N) is 3. The summed E-state index contributed by atoms with van der Waals surface area (Å²) in [5.41, 5.74) is 11.7. The average molecular weight is 602 g/mol. The summed E-state index contributed by atoms with van der Waals surface area (Å²) >= 11 is 0. The molecular weight excluding hydrogens is 571 g/mol. The van der Waals surface area contributed by atoms with Crippen LogP contribution in [0.4, 0.5) is 0 Å². The molecule has 0 atom stereocenters. The van der Waals surface area contributed by atoms with Crippen molar-refractivity contribution in [3.63, 3.8) is 0 Å². The Kier molecular flexibility index (Phi) is 6.53. The molecule has 9 aromatic rings. The summed E-state index contributed by atoms with van der Waals surface area (Å²) in [6.45, 7) is 0.648. The van der Waals surface area contributed by atoms with Crippen molar-refractivity contribution in [2.75, 3.05) is 0 Å². The third-order valence-corrected chi connectivity index (χ3v) is 9.20. The summed E-state index contributed by atoms with van der Waals surface area (Å²) in [7, 11) is 0. The Morgan fingerprint density at radius 3 is 1.83 bits per heavy atom. The predicted octanol–water partition coefficient (Wildman–Crippen LogP) is 11.2. The van der Waals surface area contributed by atoms with Gasteiger partial charge in [0, 0.05) is 44.7 Å². The minimum absolute atomic E-state index is 0.648. The van der Waals surface area contributed by atoms with E-state index in [1.165, 1.54) is 60.3 Å². The molecule has 0 N–H and O–H groups in total. The first kappa shape index (κ1) is 27.1. The van der Waals surface area contributed by atoms with Crippen molar-refractivity contribution in [2.24, 2.45) is 4.99 Å². The van der Waals surface area contributed by atoms with Crippen LogP contribution in [0.3, 0.4) is 0 Å². The van der Waals surface area contributed by atoms with Crippen molar-refractivity contribution in [1.82, 2.24) is 9.13 Å². The highest BCUT2D eigenvalue weighted by Crippen LogP contribution is 2.37. The Morgan fingerprint density at radius 2 is 1.02 bits per heavy atom. The van der Waals surface area contributed by atoms with Crippen molar-refractivity contribution < 1.29 is 0 Å². The van der Waals surface area contributed by atoms with Gasteiger partial charge in [0.05, 0.1) is 28.6 Å². The molecule has 0 amide bonds. The molecular formula is C44H31N3. The van der Waals surface area contributed by atoms with Gasteiger partial charge >= 0.3 is 0 Å². The quantitative estimate of drug-likeness (QED) is 0.169. The molecule has 0 saturated carbocycles. The van der Waals surface area contributed by atoms with Crippen LogP contribution in [0.2, 0.25) is 0 Å². The molecule has 2 aromatic heterocycles. The molecule has 3 nitrogen and oxygen atoms in total. The molecule has 0 unspecified atom stereocenters. The summed E-state index contributed by atoms with van der Waals surface area (Å²) in [6.07, 6.45) is 2.03. The van der Waals surface area contributed by atoms with Crippen LogP contribution in [0.15, 0.2) is 175 Å². The molecule has 0 aliphatic carbocycles. The Hall–Kier alpha value is -6.19. The molecule has 0 aliphatic heterocycles. The maximum atomic E-state index is 4.87. The second kappa shape index (κ2) is 11.3. The van der Waals surface area contributed by atoms with Gasteiger partial charge in [-0.05, 0) is 59.2 Å². The molecule has 0 fully saturated rings. The molecule has 0 spiro atoms. The number of para-hydroxylation sites is 4. The van der Waals surface area contributed by atoms with Crippen molar-refractivity contribution in [3.05, 3.63) is 181 Å². The molecule has 0 radical (unpaired) electrons. The standard InChI is InChI=1S/C44H31N3/c1-3-13-31(14-4-1)29-45-30-34-16-12-22-40-38-21-8-10-24-42(38)47(44(34)40)36-19-11-15-32(27-36)33-25-26-39-37-20-7-9-23-41(37)46(43(39)28-33)35-17-5-2-6-18-35/h1-28,30H,29H2. The first-order chi connectivity index (χ1) is 23.3. The van der Waals surface area contributed by atoms with E-state index in [2.05, 4.69) is 173 Å². The fourth-order valence-electron chi connectivity index (χ4n) is 7.08. The highest BCUT2D eigenvalue weighted by atomic mass is 15.0. The van der Waals surface area contributed by atoms with Crippen molar-refractivity contribution in [2.45, 2.75) is 6.54 Å². The molecule has 47 heavy (non-hydrogen) atoms. The predicted molar refractivity (Wildman–Crippen MR) is 198 cm³/mol. The van der Waals surface area contributed by atoms with Gasteiger partial charge < -0.3 is 9.13 Å². The van der Waals surface area contributed by atoms with E-state index in [-0.39, 0.29) is 0 Å². The minimum Gasteiger partial charge on any atom is -0.309 e. The van der Waals surface area contributed by atoms with Gasteiger partial charge in [-0.15, -0.1) is 0 Å². The lowest BCUT2D eigenvalue weighted by Crippen LogP contribution is -1.97. The Labute approximate surface area is 273 Å². The van der Waals surface area contributed by atoms with Crippen LogP contribution < -0.4 is 0 Å². The Morgan fingerprint density at radius 1 is 0.426 bits per heavy atom. The van der Waals surface area contributed by atoms with Crippen molar-refractivity contribution in [1.29, 1.82) is 0 Å². The highest BCUT2D eigenvalue weighted by molar-refractivity contribution is 6.14. The first-order valence-corrected chi connectivity index (χ1v) is 16.1. The van der Waals surface area contributed by atoms with Gasteiger partial charge in [0.15, 0.2) is 0 Å². The number of fused-ring (bicyclic) bond motifs is 6. The Bertz CT molecular complexity index is 2590. The van der Waals surface area contributed by atoms with Crippen LogP contribution in [0.5, 0.6) is 0 Å². The number of hydrogen-bond donors (Lipinski definition) is 0. The largest absolute Gasteiger partial charge is 0.309 e. The number of hydrogen-bond acceptors (Lipinski definition) is 1. The van der Waals surface area contributed by atoms with Crippen LogP contribution in [-0.4, -0.2) is 15.3 Å². The third-order valence-electron chi connectivity index (χ3n) is 9.20. The highest BCUT2D eigenvalue weighted by Gasteiger charge is 2.16. The summed E-state index contributed by atoms with van der Waals surface area (Å²) in [5.74, 6) is 0. The maximum Gasteiger partial charge on any atom is 0.0639 e.